The highest BCUT2D eigenvalue weighted by Crippen LogP contribution is 2.39. The van der Waals surface area contributed by atoms with E-state index < -0.39 is 17.9 Å². The number of aromatic nitrogens is 9. The Morgan fingerprint density at radius 3 is 1.15 bits per heavy atom. The molecule has 3 atom stereocenters. The number of pyridine rings is 3. The van der Waals surface area contributed by atoms with Crippen LogP contribution in [-0.2, 0) is 82.4 Å². The number of carboxylic acid groups (broad SMARTS) is 1. The molecule has 686 valence electrons. The topological polar surface area (TPSA) is 284 Å². The minimum atomic E-state index is -1.10. The number of alkyl halides is 1. The number of hydrogen-bond donors (Lipinski definition) is 2. The summed E-state index contributed by atoms with van der Waals surface area (Å²) in [6.07, 6.45) is 15.8. The number of carboxylic acids is 1. The first-order valence-corrected chi connectivity index (χ1v) is 46.9. The molecule has 0 aliphatic carbocycles. The fourth-order valence-electron chi connectivity index (χ4n) is 17.2. The standard InChI is InChI=1S/C35H40N4O5.C33H36N4O5.C30H32N4O4.C5H9BrO/c1-4-41-34-30(35(40)42-5-2)20-36-39(34)32-13-7-12-31(37-32)29-11-6-9-24(3)33(29)44-23-25-14-15-27-21-38(17-16-26(27)19-25)22-28-10-8-18-43-28;1-3-40-32-28(33(38)39)18-34-37(32)30-11-5-10-29(35-30)27-9-4-7-22(2)31(27)42-21-23-12-13-25-19-36(15-14-24(25)17-23)20-26-8-6-16-41-26;1-4-36-29-25(30(35)37-5-2)18-32-34(29)27-11-7-10-26(33-27)24-9-6-8-20(3)28(24)38-19-21-12-13-23-17-31-15-14-22(23)16-21;6-4-5-2-1-3-7-5/h6-7,9,11-15,19-20,28H,4-5,8,10,16-18,21-23H2,1-3H3;4-5,7,9-13,17-18,26H,3,6,8,14-16,19-21H2,1-2H3,(H,38,39);6-13,16,18,31H,4-5,14-15,17,19H2,1-3H3;5H,1-4H2. The number of ether oxygens (including phenoxy) is 11. The lowest BCUT2D eigenvalue weighted by molar-refractivity contribution is 0.0511. The van der Waals surface area contributed by atoms with E-state index in [4.69, 9.17) is 67.1 Å². The van der Waals surface area contributed by atoms with Gasteiger partial charge in [0.2, 0.25) is 17.6 Å². The Balaban J connectivity index is 0.000000145. The highest BCUT2D eigenvalue weighted by atomic mass is 79.9. The van der Waals surface area contributed by atoms with Crippen LogP contribution in [0.15, 0.2) is 182 Å². The van der Waals surface area contributed by atoms with Crippen LogP contribution in [0.25, 0.3) is 51.2 Å². The van der Waals surface area contributed by atoms with Crippen LogP contribution in [-0.4, -0.2) is 186 Å². The van der Waals surface area contributed by atoms with E-state index in [1.807, 2.05) is 138 Å². The van der Waals surface area contributed by atoms with E-state index in [9.17, 15) is 19.5 Å². The van der Waals surface area contributed by atoms with Crippen LogP contribution in [0.2, 0.25) is 0 Å². The summed E-state index contributed by atoms with van der Waals surface area (Å²) in [5.41, 5.74) is 20.1. The van der Waals surface area contributed by atoms with E-state index in [1.165, 1.54) is 105 Å². The smallest absolute Gasteiger partial charge is 0.345 e. The van der Waals surface area contributed by atoms with E-state index in [0.29, 0.717) is 92.9 Å². The first-order chi connectivity index (χ1) is 64.0. The minimum absolute atomic E-state index is 0.00998. The largest absolute Gasteiger partial charge is 0.488 e. The molecule has 3 unspecified atom stereocenters. The number of esters is 2. The number of rotatable bonds is 31. The van der Waals surface area contributed by atoms with Crippen molar-refractivity contribution >= 4 is 33.8 Å². The fraction of sp³-hybridized carbons (Fsp3) is 0.388. The van der Waals surface area contributed by atoms with Gasteiger partial charge in [0.25, 0.3) is 0 Å². The van der Waals surface area contributed by atoms with Crippen molar-refractivity contribution in [3.63, 3.8) is 0 Å². The summed E-state index contributed by atoms with van der Waals surface area (Å²) in [5, 5.41) is 27.0. The van der Waals surface area contributed by atoms with Gasteiger partial charge in [-0.05, 0) is 241 Å². The normalized spacial score (nSPS) is 16.2. The fourth-order valence-corrected chi connectivity index (χ4v) is 17.7. The molecule has 6 aliphatic rings. The number of aryl methyl sites for hydroxylation is 3. The molecule has 3 fully saturated rings. The van der Waals surface area contributed by atoms with Crippen molar-refractivity contribution in [2.75, 3.05) is 90.9 Å². The van der Waals surface area contributed by atoms with Gasteiger partial charge >= 0.3 is 17.9 Å². The maximum absolute atomic E-state index is 12.5. The number of carbonyl (C=O) groups excluding carboxylic acids is 2. The van der Waals surface area contributed by atoms with Gasteiger partial charge in [0.05, 0.1) is 87.0 Å². The van der Waals surface area contributed by atoms with E-state index >= 15 is 0 Å². The molecular formula is C103H117BrN12O15. The summed E-state index contributed by atoms with van der Waals surface area (Å²) in [6.45, 7) is 28.9. The molecule has 27 nitrogen and oxygen atoms in total. The molecule has 0 spiro atoms. The minimum Gasteiger partial charge on any atom is -0.488 e. The van der Waals surface area contributed by atoms with Gasteiger partial charge in [-0.15, -0.1) is 0 Å². The molecular weight excluding hydrogens is 1730 g/mol. The Morgan fingerprint density at radius 2 is 0.794 bits per heavy atom. The van der Waals surface area contributed by atoms with E-state index in [1.54, 1.807) is 26.8 Å². The molecule has 6 aliphatic heterocycles. The van der Waals surface area contributed by atoms with Crippen molar-refractivity contribution in [3.8, 4) is 86.1 Å². The van der Waals surface area contributed by atoms with Crippen molar-refractivity contribution in [1.29, 1.82) is 0 Å². The number of aromatic carboxylic acids is 1. The first-order valence-electron chi connectivity index (χ1n) is 45.7. The number of para-hydroxylation sites is 3. The molecule has 6 aromatic heterocycles. The molecule has 0 bridgehead atoms. The number of hydrogen-bond acceptors (Lipinski definition) is 23. The second kappa shape index (κ2) is 45.6. The molecule has 6 aromatic carbocycles. The summed E-state index contributed by atoms with van der Waals surface area (Å²) < 4.78 is 68.4. The Morgan fingerprint density at radius 1 is 0.427 bits per heavy atom. The van der Waals surface area contributed by atoms with Crippen LogP contribution in [0.4, 0.5) is 0 Å². The lowest BCUT2D eigenvalue weighted by atomic mass is 9.97. The van der Waals surface area contributed by atoms with Crippen molar-refractivity contribution < 1.29 is 71.6 Å². The number of halogens is 1. The third-order valence-corrected chi connectivity index (χ3v) is 24.5. The molecule has 0 radical (unpaired) electrons. The summed E-state index contributed by atoms with van der Waals surface area (Å²) in [6, 6.07) is 55.0. The predicted octanol–water partition coefficient (Wildman–Crippen LogP) is 18.0. The van der Waals surface area contributed by atoms with Gasteiger partial charge in [0, 0.05) is 87.7 Å². The third kappa shape index (κ3) is 23.4. The molecule has 0 saturated carbocycles. The van der Waals surface area contributed by atoms with E-state index in [-0.39, 0.29) is 35.8 Å². The Hall–Kier alpha value is -12.2. The Labute approximate surface area is 774 Å². The zero-order valence-corrected chi connectivity index (χ0v) is 77.6. The maximum atomic E-state index is 12.5. The maximum Gasteiger partial charge on any atom is 0.345 e. The molecule has 12 heterocycles. The highest BCUT2D eigenvalue weighted by Gasteiger charge is 2.30. The number of fused-ring (bicyclic) bond motifs is 3. The Kier molecular flexibility index (Phi) is 32.6. The van der Waals surface area contributed by atoms with E-state index in [2.05, 4.69) is 101 Å². The number of nitrogens with one attached hydrogen (secondary N) is 1. The molecule has 28 heteroatoms. The number of nitrogens with zero attached hydrogens (tertiary/aromatic N) is 11. The summed E-state index contributed by atoms with van der Waals surface area (Å²) in [5.74, 6) is 2.54. The van der Waals surface area contributed by atoms with Crippen LogP contribution in [0.5, 0.6) is 34.9 Å². The van der Waals surface area contributed by atoms with Crippen molar-refractivity contribution in [2.45, 2.75) is 171 Å². The average Bonchev–Trinajstić information content (AvgIpc) is 1.68. The van der Waals surface area contributed by atoms with Gasteiger partial charge < -0.3 is 62.5 Å². The monoisotopic (exact) mass is 1840 g/mol. The predicted molar refractivity (Wildman–Crippen MR) is 503 cm³/mol. The quantitative estimate of drug-likeness (QED) is 0.0301. The van der Waals surface area contributed by atoms with Crippen LogP contribution in [0, 0.1) is 20.8 Å². The zero-order chi connectivity index (χ0) is 91.1. The van der Waals surface area contributed by atoms with Gasteiger partial charge in [-0.3, -0.25) is 9.80 Å². The number of carbonyl (C=O) groups is 3. The van der Waals surface area contributed by atoms with Crippen molar-refractivity contribution in [3.05, 3.63) is 266 Å². The van der Waals surface area contributed by atoms with Gasteiger partial charge in [0.1, 0.15) is 53.8 Å². The van der Waals surface area contributed by atoms with Crippen LogP contribution in [0.1, 0.15) is 171 Å². The van der Waals surface area contributed by atoms with Crippen molar-refractivity contribution in [2.24, 2.45) is 0 Å². The SMILES string of the molecule is BrCC1CCCO1.CCOC(=O)c1cnn(-c2cccc(-c3cccc(C)c3OCc3ccc4c(c3)CCN(CC3CCCO3)C4)n2)c1OCC.CCOC(=O)c1cnn(-c2cccc(-c3cccc(C)c3OCc3ccc4c(c3)CCNC4)n2)c1OCC.CCOc1c(C(=O)O)cnn1-c1cccc(-c2cccc(C)c2OCc2ccc3c(c2)CCN(CC2CCCO2)C3)n1. The van der Waals surface area contributed by atoms with Gasteiger partial charge in [-0.25, -0.2) is 29.3 Å². The second-order valence-corrected chi connectivity index (χ2v) is 33.6. The molecule has 0 amide bonds. The molecule has 3 saturated heterocycles. The molecule has 18 rings (SSSR count). The number of benzene rings is 6. The van der Waals surface area contributed by atoms with Crippen molar-refractivity contribution in [1.82, 2.24) is 59.4 Å². The average molecular weight is 1840 g/mol. The highest BCUT2D eigenvalue weighted by molar-refractivity contribution is 9.09. The summed E-state index contributed by atoms with van der Waals surface area (Å²) in [4.78, 5) is 56.2. The summed E-state index contributed by atoms with van der Waals surface area (Å²) >= 11 is 3.35. The second-order valence-electron chi connectivity index (χ2n) is 33.0. The van der Waals surface area contributed by atoms with Crippen LogP contribution in [0.3, 0.4) is 0 Å². The lowest BCUT2D eigenvalue weighted by Crippen LogP contribution is -2.36. The lowest BCUT2D eigenvalue weighted by Gasteiger charge is -2.30. The van der Waals surface area contributed by atoms with E-state index in [0.717, 1.165) is 175 Å². The molecule has 131 heavy (non-hydrogen) atoms. The van der Waals surface area contributed by atoms with Gasteiger partial charge in [-0.2, -0.15) is 29.3 Å². The molecule has 12 aromatic rings. The van der Waals surface area contributed by atoms with Crippen LogP contribution < -0.4 is 33.7 Å². The van der Waals surface area contributed by atoms with Gasteiger partial charge in [-0.1, -0.05) is 125 Å². The summed E-state index contributed by atoms with van der Waals surface area (Å²) in [7, 11) is 0. The Bertz CT molecular complexity index is 5900. The first kappa shape index (κ1) is 93.5. The zero-order valence-electron chi connectivity index (χ0n) is 76.0. The third-order valence-electron chi connectivity index (χ3n) is 23.8. The van der Waals surface area contributed by atoms with Gasteiger partial charge in [0.15, 0.2) is 17.5 Å². The molecule has 2 N–H and O–H groups in total. The van der Waals surface area contributed by atoms with Crippen LogP contribution >= 0.6 is 15.9 Å².